The zero-order chi connectivity index (χ0) is 35.6. The Labute approximate surface area is 305 Å². The van der Waals surface area contributed by atoms with Crippen LogP contribution in [-0.2, 0) is 0 Å². The second kappa shape index (κ2) is 22.5. The van der Waals surface area contributed by atoms with E-state index in [4.69, 9.17) is 0 Å². The standard InChI is InChI=1S/2C11H18.3C7H8.2C3H8/c2*1-7-4-10-8-2-3-9(6-8)11(10)5-7;3*1-7-5-3-2-4-6-7;2*1-3-2/h2*7-11H,2-6H2,1H3;3*2-6H,1H3;2*3H2,1-2H3. The number of benzene rings is 3. The van der Waals surface area contributed by atoms with Gasteiger partial charge in [0, 0.05) is 0 Å². The average Bonchev–Trinajstić information content (AvgIpc) is 3.94. The first-order valence-electron chi connectivity index (χ1n) is 20.7. The number of hydrogen-bond acceptors (Lipinski definition) is 0. The van der Waals surface area contributed by atoms with E-state index in [0.717, 1.165) is 11.8 Å². The van der Waals surface area contributed by atoms with Crippen LogP contribution >= 0.6 is 0 Å². The van der Waals surface area contributed by atoms with Crippen molar-refractivity contribution in [1.29, 1.82) is 0 Å². The molecule has 0 N–H and O–H groups in total. The van der Waals surface area contributed by atoms with E-state index >= 15 is 0 Å². The topological polar surface area (TPSA) is 0 Å². The molecule has 0 aliphatic heterocycles. The Kier molecular flexibility index (Phi) is 18.8. The van der Waals surface area contributed by atoms with Gasteiger partial charge in [-0.1, -0.05) is 162 Å². The van der Waals surface area contributed by atoms with Gasteiger partial charge in [0.1, 0.15) is 0 Å². The third kappa shape index (κ3) is 13.7. The lowest BCUT2D eigenvalue weighted by Crippen LogP contribution is -2.15. The molecule has 9 rings (SSSR count). The zero-order valence-corrected chi connectivity index (χ0v) is 33.4. The van der Waals surface area contributed by atoms with Crippen LogP contribution in [0.1, 0.15) is 135 Å². The van der Waals surface area contributed by atoms with E-state index in [0.29, 0.717) is 0 Å². The summed E-state index contributed by atoms with van der Waals surface area (Å²) < 4.78 is 0. The van der Waals surface area contributed by atoms with E-state index in [1.807, 2.05) is 54.6 Å². The number of fused-ring (bicyclic) bond motifs is 10. The molecular formula is C49H76. The summed E-state index contributed by atoms with van der Waals surface area (Å²) in [6.07, 6.45) is 18.4. The molecule has 49 heavy (non-hydrogen) atoms. The molecule has 4 bridgehead atoms. The molecule has 0 heterocycles. The summed E-state index contributed by atoms with van der Waals surface area (Å²) >= 11 is 0. The molecule has 6 fully saturated rings. The fraction of sp³-hybridized carbons (Fsp3) is 0.633. The minimum Gasteiger partial charge on any atom is -0.0656 e. The highest BCUT2D eigenvalue weighted by atomic mass is 14.6. The maximum Gasteiger partial charge on any atom is -0.0352 e. The largest absolute Gasteiger partial charge is 0.0656 e. The van der Waals surface area contributed by atoms with Gasteiger partial charge < -0.3 is 0 Å². The summed E-state index contributed by atoms with van der Waals surface area (Å²) in [7, 11) is 0. The molecule has 6 aliphatic rings. The molecule has 0 radical (unpaired) electrons. The number of rotatable bonds is 0. The molecule has 0 aromatic heterocycles. The lowest BCUT2D eigenvalue weighted by Gasteiger charge is -2.23. The van der Waals surface area contributed by atoms with Crippen LogP contribution in [0.4, 0.5) is 0 Å². The molecular weight excluding hydrogens is 589 g/mol. The minimum atomic E-state index is 1.06. The summed E-state index contributed by atoms with van der Waals surface area (Å²) in [4.78, 5) is 0. The Bertz CT molecular complexity index is 1050. The van der Waals surface area contributed by atoms with Crippen LogP contribution in [-0.4, -0.2) is 0 Å². The molecule has 3 aromatic carbocycles. The molecule has 0 saturated heterocycles. The van der Waals surface area contributed by atoms with Crippen molar-refractivity contribution < 1.29 is 0 Å². The third-order valence-electron chi connectivity index (χ3n) is 12.1. The van der Waals surface area contributed by atoms with Crippen LogP contribution < -0.4 is 0 Å². The summed E-state index contributed by atoms with van der Waals surface area (Å²) in [5, 5.41) is 0. The van der Waals surface area contributed by atoms with Crippen molar-refractivity contribution in [2.45, 2.75) is 139 Å². The molecule has 3 aromatic rings. The molecule has 8 atom stereocenters. The Morgan fingerprint density at radius 3 is 0.735 bits per heavy atom. The molecule has 0 heteroatoms. The predicted octanol–water partition coefficient (Wildman–Crippen LogP) is 15.0. The average molecular weight is 665 g/mol. The van der Waals surface area contributed by atoms with Gasteiger partial charge in [0.25, 0.3) is 0 Å². The van der Waals surface area contributed by atoms with Gasteiger partial charge in [0.05, 0.1) is 0 Å². The molecule has 6 aliphatic carbocycles. The Morgan fingerprint density at radius 2 is 0.571 bits per heavy atom. The fourth-order valence-corrected chi connectivity index (χ4v) is 10.2. The van der Waals surface area contributed by atoms with Gasteiger partial charge in [-0.2, -0.15) is 0 Å². The van der Waals surface area contributed by atoms with Crippen LogP contribution in [0.25, 0.3) is 0 Å². The van der Waals surface area contributed by atoms with Crippen molar-refractivity contribution in [2.75, 3.05) is 0 Å². The summed E-state index contributed by atoms with van der Waals surface area (Å²) in [5.41, 5.74) is 3.97. The maximum atomic E-state index is 2.46. The highest BCUT2D eigenvalue weighted by Crippen LogP contribution is 2.60. The van der Waals surface area contributed by atoms with Crippen LogP contribution in [0.3, 0.4) is 0 Å². The van der Waals surface area contributed by atoms with E-state index < -0.39 is 0 Å². The van der Waals surface area contributed by atoms with Crippen LogP contribution in [0, 0.1) is 80.0 Å². The van der Waals surface area contributed by atoms with Gasteiger partial charge >= 0.3 is 0 Å². The smallest absolute Gasteiger partial charge is 0.0352 e. The quantitative estimate of drug-likeness (QED) is 0.224. The summed E-state index contributed by atoms with van der Waals surface area (Å²) in [6.45, 7) is 19.7. The van der Waals surface area contributed by atoms with Crippen LogP contribution in [0.15, 0.2) is 91.0 Å². The van der Waals surface area contributed by atoms with Crippen LogP contribution in [0.2, 0.25) is 0 Å². The second-order valence-corrected chi connectivity index (χ2v) is 16.9. The van der Waals surface area contributed by atoms with Crippen molar-refractivity contribution >= 4 is 0 Å². The molecule has 272 valence electrons. The van der Waals surface area contributed by atoms with Gasteiger partial charge in [-0.05, 0) is 144 Å². The van der Waals surface area contributed by atoms with Gasteiger partial charge in [0.15, 0.2) is 0 Å². The van der Waals surface area contributed by atoms with Crippen molar-refractivity contribution in [3.63, 3.8) is 0 Å². The highest BCUT2D eigenvalue weighted by Gasteiger charge is 2.51. The van der Waals surface area contributed by atoms with E-state index in [9.17, 15) is 0 Å². The van der Waals surface area contributed by atoms with E-state index in [1.54, 1.807) is 64.2 Å². The van der Waals surface area contributed by atoms with Crippen molar-refractivity contribution in [2.24, 2.45) is 59.2 Å². The van der Waals surface area contributed by atoms with Gasteiger partial charge in [-0.25, -0.2) is 0 Å². The molecule has 0 amide bonds. The lowest BCUT2D eigenvalue weighted by atomic mass is 9.82. The van der Waals surface area contributed by atoms with Gasteiger partial charge in [-0.3, -0.25) is 0 Å². The predicted molar refractivity (Wildman–Crippen MR) is 218 cm³/mol. The molecule has 8 unspecified atom stereocenters. The Hall–Kier alpha value is -2.34. The SMILES string of the molecule is CC1CC2C3CCC(C3)C2C1.CC1CC2C3CCC(C3)C2C1.CCC.CCC.Cc1ccccc1.Cc1ccccc1.Cc1ccccc1. The van der Waals surface area contributed by atoms with E-state index in [-0.39, 0.29) is 0 Å². The Balaban J connectivity index is 0.000000162. The number of aryl methyl sites for hydroxylation is 3. The lowest BCUT2D eigenvalue weighted by molar-refractivity contribution is 0.259. The fourth-order valence-electron chi connectivity index (χ4n) is 10.2. The van der Waals surface area contributed by atoms with E-state index in [1.165, 1.54) is 76.9 Å². The normalized spacial score (nSPS) is 31.5. The third-order valence-corrected chi connectivity index (χ3v) is 12.1. The van der Waals surface area contributed by atoms with Crippen LogP contribution in [0.5, 0.6) is 0 Å². The summed E-state index contributed by atoms with van der Waals surface area (Å²) in [5.74, 6) is 11.6. The summed E-state index contributed by atoms with van der Waals surface area (Å²) in [6, 6.07) is 30.8. The molecule has 0 nitrogen and oxygen atoms in total. The van der Waals surface area contributed by atoms with Crippen molar-refractivity contribution in [3.8, 4) is 0 Å². The van der Waals surface area contributed by atoms with Gasteiger partial charge in [0.2, 0.25) is 0 Å². The molecule has 6 saturated carbocycles. The van der Waals surface area contributed by atoms with Crippen molar-refractivity contribution in [1.82, 2.24) is 0 Å². The first kappa shape index (κ1) is 41.1. The van der Waals surface area contributed by atoms with Gasteiger partial charge in [-0.15, -0.1) is 0 Å². The second-order valence-electron chi connectivity index (χ2n) is 16.9. The zero-order valence-electron chi connectivity index (χ0n) is 33.4. The first-order valence-corrected chi connectivity index (χ1v) is 20.7. The highest BCUT2D eigenvalue weighted by molar-refractivity contribution is 5.13. The van der Waals surface area contributed by atoms with E-state index in [2.05, 4.69) is 98.7 Å². The minimum absolute atomic E-state index is 1.06. The monoisotopic (exact) mass is 665 g/mol. The van der Waals surface area contributed by atoms with Crippen molar-refractivity contribution in [3.05, 3.63) is 108 Å². The number of hydrogen-bond donors (Lipinski definition) is 0. The Morgan fingerprint density at radius 1 is 0.367 bits per heavy atom. The molecule has 0 spiro atoms. The maximum absolute atomic E-state index is 2.46. The first-order chi connectivity index (χ1) is 23.7.